The first kappa shape index (κ1) is 12.8. The van der Waals surface area contributed by atoms with Crippen molar-refractivity contribution in [3.8, 4) is 0 Å². The van der Waals surface area contributed by atoms with Gasteiger partial charge in [-0.2, -0.15) is 0 Å². The molecule has 0 saturated heterocycles. The summed E-state index contributed by atoms with van der Waals surface area (Å²) in [4.78, 5) is 22.8. The topological polar surface area (TPSA) is 98.2 Å². The number of rotatable bonds is 3. The molecule has 18 heavy (non-hydrogen) atoms. The maximum absolute atomic E-state index is 11.8. The van der Waals surface area contributed by atoms with E-state index in [1.807, 2.05) is 18.2 Å². The van der Waals surface area contributed by atoms with Crippen molar-refractivity contribution in [2.45, 2.75) is 0 Å². The number of primary amides is 1. The van der Waals surface area contributed by atoms with Crippen LogP contribution < -0.4 is 16.8 Å². The van der Waals surface area contributed by atoms with E-state index < -0.39 is 5.91 Å². The summed E-state index contributed by atoms with van der Waals surface area (Å²) >= 11 is 4.63. The zero-order valence-electron chi connectivity index (χ0n) is 9.20. The predicted octanol–water partition coefficient (Wildman–Crippen LogP) is 1.46. The second-order valence-corrected chi connectivity index (χ2v) is 5.60. The highest BCUT2D eigenvalue weighted by Gasteiger charge is 2.16. The Hall–Kier alpha value is -1.60. The molecule has 0 bridgehead atoms. The molecule has 0 radical (unpaired) electrons. The highest BCUT2D eigenvalue weighted by molar-refractivity contribution is 9.10. The predicted molar refractivity (Wildman–Crippen MR) is 75.5 cm³/mol. The maximum atomic E-state index is 11.8. The number of benzene rings is 1. The molecule has 1 heterocycles. The van der Waals surface area contributed by atoms with Crippen molar-refractivity contribution in [3.05, 3.63) is 27.5 Å². The van der Waals surface area contributed by atoms with Gasteiger partial charge in [0, 0.05) is 14.6 Å². The smallest absolute Gasteiger partial charge is 0.263 e. The summed E-state index contributed by atoms with van der Waals surface area (Å²) in [6.07, 6.45) is 0. The maximum Gasteiger partial charge on any atom is 0.263 e. The van der Waals surface area contributed by atoms with Crippen LogP contribution in [0.1, 0.15) is 9.67 Å². The summed E-state index contributed by atoms with van der Waals surface area (Å²) < 4.78 is 1.81. The minimum Gasteiger partial charge on any atom is -0.397 e. The lowest BCUT2D eigenvalue weighted by molar-refractivity contribution is -0.117. The van der Waals surface area contributed by atoms with Gasteiger partial charge in [-0.25, -0.2) is 0 Å². The number of carbonyl (C=O) groups is 2. The molecule has 0 aliphatic heterocycles. The monoisotopic (exact) mass is 327 g/mol. The van der Waals surface area contributed by atoms with Gasteiger partial charge in [-0.3, -0.25) is 9.59 Å². The van der Waals surface area contributed by atoms with Crippen molar-refractivity contribution in [2.75, 3.05) is 12.3 Å². The van der Waals surface area contributed by atoms with Crippen LogP contribution in [-0.2, 0) is 4.79 Å². The zero-order valence-corrected chi connectivity index (χ0v) is 11.6. The molecule has 1 aromatic carbocycles. The molecule has 2 aromatic rings. The molecule has 0 aliphatic carbocycles. The van der Waals surface area contributed by atoms with E-state index in [2.05, 4.69) is 21.2 Å². The van der Waals surface area contributed by atoms with Crippen LogP contribution in [0.15, 0.2) is 22.7 Å². The van der Waals surface area contributed by atoms with Gasteiger partial charge in [0.1, 0.15) is 4.88 Å². The minimum absolute atomic E-state index is 0.198. The average molecular weight is 328 g/mol. The molecule has 94 valence electrons. The average Bonchev–Trinajstić information content (AvgIpc) is 2.64. The second kappa shape index (κ2) is 4.95. The number of nitrogens with one attached hydrogen (secondary N) is 1. The van der Waals surface area contributed by atoms with Crippen molar-refractivity contribution in [3.63, 3.8) is 0 Å². The molecule has 7 heteroatoms. The van der Waals surface area contributed by atoms with Gasteiger partial charge in [0.05, 0.1) is 12.2 Å². The summed E-state index contributed by atoms with van der Waals surface area (Å²) in [5, 5.41) is 3.24. The highest BCUT2D eigenvalue weighted by atomic mass is 79.9. The van der Waals surface area contributed by atoms with Gasteiger partial charge in [-0.05, 0) is 18.2 Å². The molecule has 0 aliphatic rings. The lowest BCUT2D eigenvalue weighted by Gasteiger charge is -2.00. The highest BCUT2D eigenvalue weighted by Crippen LogP contribution is 2.35. The Morgan fingerprint density at radius 3 is 2.78 bits per heavy atom. The van der Waals surface area contributed by atoms with Crippen LogP contribution in [-0.4, -0.2) is 18.4 Å². The van der Waals surface area contributed by atoms with Gasteiger partial charge in [0.2, 0.25) is 5.91 Å². The third-order valence-corrected chi connectivity index (χ3v) is 4.00. The summed E-state index contributed by atoms with van der Waals surface area (Å²) in [5.41, 5.74) is 11.3. The molecule has 5 N–H and O–H groups in total. The first-order valence-electron chi connectivity index (χ1n) is 5.03. The molecular weight excluding hydrogens is 318 g/mol. The quantitative estimate of drug-likeness (QED) is 0.795. The van der Waals surface area contributed by atoms with Gasteiger partial charge >= 0.3 is 0 Å². The van der Waals surface area contributed by atoms with Crippen molar-refractivity contribution >= 4 is 54.9 Å². The molecule has 5 nitrogen and oxygen atoms in total. The Bertz CT molecular complexity index is 638. The number of hydrogen-bond acceptors (Lipinski definition) is 4. The zero-order chi connectivity index (χ0) is 13.3. The van der Waals surface area contributed by atoms with E-state index in [4.69, 9.17) is 11.5 Å². The molecule has 0 spiro atoms. The van der Waals surface area contributed by atoms with Gasteiger partial charge < -0.3 is 16.8 Å². The summed E-state index contributed by atoms with van der Waals surface area (Å²) in [7, 11) is 0. The van der Waals surface area contributed by atoms with E-state index in [-0.39, 0.29) is 12.5 Å². The molecule has 0 fully saturated rings. The van der Waals surface area contributed by atoms with Crippen LogP contribution in [0.2, 0.25) is 0 Å². The number of anilines is 1. The first-order valence-corrected chi connectivity index (χ1v) is 6.64. The van der Waals surface area contributed by atoms with Crippen LogP contribution in [0.25, 0.3) is 10.1 Å². The Morgan fingerprint density at radius 2 is 2.11 bits per heavy atom. The number of nitrogen functional groups attached to an aromatic ring is 1. The summed E-state index contributed by atoms with van der Waals surface area (Å²) in [5.74, 6) is -0.977. The Morgan fingerprint density at radius 1 is 1.39 bits per heavy atom. The van der Waals surface area contributed by atoms with E-state index in [1.54, 1.807) is 0 Å². The van der Waals surface area contributed by atoms with Crippen LogP contribution >= 0.6 is 27.3 Å². The summed E-state index contributed by atoms with van der Waals surface area (Å²) in [6, 6.07) is 5.61. The van der Waals surface area contributed by atoms with Gasteiger partial charge in [0.25, 0.3) is 5.91 Å². The fourth-order valence-electron chi connectivity index (χ4n) is 1.51. The Kier molecular flexibility index (Phi) is 3.53. The lowest BCUT2D eigenvalue weighted by atomic mass is 10.2. The molecule has 2 amide bonds. The SMILES string of the molecule is NC(=O)CNC(=O)c1sc2ccc(Br)cc2c1N. The number of hydrogen-bond donors (Lipinski definition) is 3. The third-order valence-electron chi connectivity index (χ3n) is 2.32. The normalized spacial score (nSPS) is 10.5. The molecule has 2 rings (SSSR count). The number of halogens is 1. The number of amides is 2. The van der Waals surface area contributed by atoms with Gasteiger partial charge in [-0.15, -0.1) is 11.3 Å². The van der Waals surface area contributed by atoms with Crippen molar-refractivity contribution in [1.82, 2.24) is 5.32 Å². The van der Waals surface area contributed by atoms with Crippen molar-refractivity contribution in [2.24, 2.45) is 5.73 Å². The van der Waals surface area contributed by atoms with E-state index in [9.17, 15) is 9.59 Å². The van der Waals surface area contributed by atoms with Crippen LogP contribution in [0.3, 0.4) is 0 Å². The second-order valence-electron chi connectivity index (χ2n) is 3.63. The Balaban J connectivity index is 2.36. The Labute approximate surface area is 115 Å². The van der Waals surface area contributed by atoms with Gasteiger partial charge in [-0.1, -0.05) is 15.9 Å². The fourth-order valence-corrected chi connectivity index (χ4v) is 2.89. The van der Waals surface area contributed by atoms with Crippen molar-refractivity contribution in [1.29, 1.82) is 0 Å². The van der Waals surface area contributed by atoms with Crippen LogP contribution in [0.5, 0.6) is 0 Å². The van der Waals surface area contributed by atoms with Gasteiger partial charge in [0.15, 0.2) is 0 Å². The molecule has 0 atom stereocenters. The number of nitrogens with two attached hydrogens (primary N) is 2. The largest absolute Gasteiger partial charge is 0.397 e. The van der Waals surface area contributed by atoms with E-state index in [1.165, 1.54) is 11.3 Å². The van der Waals surface area contributed by atoms with E-state index in [0.717, 1.165) is 14.6 Å². The lowest BCUT2D eigenvalue weighted by Crippen LogP contribution is -2.33. The molecule has 1 aromatic heterocycles. The molecule has 0 unspecified atom stereocenters. The summed E-state index contributed by atoms with van der Waals surface area (Å²) in [6.45, 7) is -0.198. The van der Waals surface area contributed by atoms with Crippen LogP contribution in [0.4, 0.5) is 5.69 Å². The van der Waals surface area contributed by atoms with E-state index >= 15 is 0 Å². The number of carbonyl (C=O) groups excluding carboxylic acids is 2. The number of fused-ring (bicyclic) bond motifs is 1. The molecule has 0 saturated carbocycles. The van der Waals surface area contributed by atoms with Crippen molar-refractivity contribution < 1.29 is 9.59 Å². The fraction of sp³-hybridized carbons (Fsp3) is 0.0909. The third kappa shape index (κ3) is 2.46. The standard InChI is InChI=1S/C11H10BrN3O2S/c12-5-1-2-7-6(3-5)9(14)10(18-7)11(17)15-4-8(13)16/h1-3H,4,14H2,(H2,13,16)(H,15,17). The minimum atomic E-state index is -0.592. The van der Waals surface area contributed by atoms with Crippen LogP contribution in [0, 0.1) is 0 Å². The number of thiophene rings is 1. The molecular formula is C11H10BrN3O2S. The van der Waals surface area contributed by atoms with E-state index in [0.29, 0.717) is 10.6 Å². The first-order chi connectivity index (χ1) is 8.49.